The fraction of sp³-hybridized carbons (Fsp3) is 0.409. The molecule has 170 valence electrons. The van der Waals surface area contributed by atoms with Crippen molar-refractivity contribution in [1.82, 2.24) is 5.32 Å². The van der Waals surface area contributed by atoms with E-state index in [-0.39, 0.29) is 18.3 Å². The van der Waals surface area contributed by atoms with E-state index < -0.39 is 9.84 Å². The second kappa shape index (κ2) is 13.1. The molecular weight excluding hydrogens is 502 g/mol. The number of nitrogens with one attached hydrogen (secondary N) is 1. The Morgan fingerprint density at radius 2 is 1.97 bits per heavy atom. The average Bonchev–Trinajstić information content (AvgIpc) is 2.72. The highest BCUT2D eigenvalue weighted by molar-refractivity contribution is 9.10. The van der Waals surface area contributed by atoms with Crippen LogP contribution in [0.2, 0.25) is 0 Å². The second-order valence-corrected chi connectivity index (χ2v) is 10.9. The highest BCUT2D eigenvalue weighted by atomic mass is 79.9. The maximum absolute atomic E-state index is 12.3. The van der Waals surface area contributed by atoms with Gasteiger partial charge in [0, 0.05) is 21.7 Å². The molecule has 0 aromatic heterocycles. The Labute approximate surface area is 197 Å². The van der Waals surface area contributed by atoms with Crippen LogP contribution in [0.4, 0.5) is 0 Å². The number of aryl methyl sites for hydroxylation is 1. The molecule has 6 nitrogen and oxygen atoms in total. The molecule has 0 fully saturated rings. The molecule has 0 aliphatic rings. The van der Waals surface area contributed by atoms with E-state index in [1.165, 1.54) is 0 Å². The quantitative estimate of drug-likeness (QED) is 0.236. The minimum atomic E-state index is -3.26. The van der Waals surface area contributed by atoms with Crippen LogP contribution in [-0.2, 0) is 19.4 Å². The molecule has 0 spiro atoms. The van der Waals surface area contributed by atoms with Crippen molar-refractivity contribution in [3.05, 3.63) is 52.5 Å². The van der Waals surface area contributed by atoms with Crippen LogP contribution < -0.4 is 10.1 Å². The first kappa shape index (κ1) is 25.7. The van der Waals surface area contributed by atoms with Gasteiger partial charge in [0.05, 0.1) is 17.3 Å². The zero-order valence-corrected chi connectivity index (χ0v) is 20.9. The molecule has 31 heavy (non-hydrogen) atoms. The van der Waals surface area contributed by atoms with Crippen LogP contribution in [-0.4, -0.2) is 52.2 Å². The highest BCUT2D eigenvalue weighted by Gasteiger charge is 2.14. The summed E-state index contributed by atoms with van der Waals surface area (Å²) in [5.74, 6) is 1.27. The molecule has 0 amide bonds. The van der Waals surface area contributed by atoms with Gasteiger partial charge < -0.3 is 14.8 Å². The molecule has 2 aromatic rings. The second-order valence-electron chi connectivity index (χ2n) is 6.75. The number of hydrogen-bond acceptors (Lipinski definition) is 7. The lowest BCUT2D eigenvalue weighted by molar-refractivity contribution is -0.145. The van der Waals surface area contributed by atoms with Crippen LogP contribution in [0.1, 0.15) is 18.9 Å². The van der Waals surface area contributed by atoms with Crippen LogP contribution in [0, 0.1) is 6.92 Å². The van der Waals surface area contributed by atoms with Crippen molar-refractivity contribution in [3.63, 3.8) is 0 Å². The van der Waals surface area contributed by atoms with E-state index in [9.17, 15) is 13.2 Å². The molecule has 0 saturated carbocycles. The summed E-state index contributed by atoms with van der Waals surface area (Å²) >= 11 is 5.01. The van der Waals surface area contributed by atoms with E-state index in [0.717, 1.165) is 27.2 Å². The fourth-order valence-electron chi connectivity index (χ4n) is 2.74. The molecule has 0 aliphatic carbocycles. The van der Waals surface area contributed by atoms with Gasteiger partial charge >= 0.3 is 5.97 Å². The van der Waals surface area contributed by atoms with Crippen molar-refractivity contribution < 1.29 is 22.7 Å². The zero-order valence-electron chi connectivity index (χ0n) is 17.7. The van der Waals surface area contributed by atoms with E-state index in [1.807, 2.05) is 31.2 Å². The number of hydrogen-bond donors (Lipinski definition) is 1. The monoisotopic (exact) mass is 529 g/mol. The third-order valence-electron chi connectivity index (χ3n) is 4.27. The number of ether oxygens (including phenoxy) is 2. The number of sulfone groups is 1. The molecule has 0 unspecified atom stereocenters. The van der Waals surface area contributed by atoms with Gasteiger partial charge in [-0.3, -0.25) is 0 Å². The van der Waals surface area contributed by atoms with Crippen LogP contribution >= 0.6 is 27.7 Å². The van der Waals surface area contributed by atoms with Gasteiger partial charge in [-0.05, 0) is 68.8 Å². The smallest absolute Gasteiger partial charge is 0.344 e. The Bertz CT molecular complexity index is 966. The van der Waals surface area contributed by atoms with Crippen molar-refractivity contribution in [2.45, 2.75) is 30.1 Å². The summed E-state index contributed by atoms with van der Waals surface area (Å²) < 4.78 is 35.8. The Hall–Kier alpha value is -1.55. The SMILES string of the molecule is CCOC(=O)COc1ccc(SCCNCCCS(=O)(=O)c2cccc(Br)c2)cc1C. The average molecular weight is 531 g/mol. The van der Waals surface area contributed by atoms with Gasteiger partial charge in [0.2, 0.25) is 0 Å². The minimum absolute atomic E-state index is 0.0949. The molecule has 0 heterocycles. The predicted molar refractivity (Wildman–Crippen MR) is 128 cm³/mol. The number of thioether (sulfide) groups is 1. The van der Waals surface area contributed by atoms with Gasteiger partial charge in [0.1, 0.15) is 5.75 Å². The largest absolute Gasteiger partial charge is 0.482 e. The summed E-state index contributed by atoms with van der Waals surface area (Å²) in [7, 11) is -3.26. The number of esters is 1. The van der Waals surface area contributed by atoms with E-state index in [2.05, 4.69) is 21.2 Å². The van der Waals surface area contributed by atoms with E-state index >= 15 is 0 Å². The predicted octanol–water partition coefficient (Wildman–Crippen LogP) is 4.25. The van der Waals surface area contributed by atoms with Crippen molar-refractivity contribution in [2.24, 2.45) is 0 Å². The number of carbonyl (C=O) groups is 1. The van der Waals surface area contributed by atoms with Gasteiger partial charge in [-0.2, -0.15) is 0 Å². The molecule has 2 aromatic carbocycles. The maximum atomic E-state index is 12.3. The fourth-order valence-corrected chi connectivity index (χ4v) is 5.55. The number of rotatable bonds is 13. The molecule has 9 heteroatoms. The standard InChI is InChI=1S/C22H28BrNO5S2/c1-3-28-22(25)16-29-21-9-8-19(14-17(21)2)30-12-11-24-10-5-13-31(26,27)20-7-4-6-18(23)15-20/h4,6-9,14-15,24H,3,5,10-13,16H2,1-2H3. The van der Waals surface area contributed by atoms with E-state index in [4.69, 9.17) is 9.47 Å². The van der Waals surface area contributed by atoms with Crippen LogP contribution in [0.15, 0.2) is 56.7 Å². The molecule has 1 N–H and O–H groups in total. The topological polar surface area (TPSA) is 81.7 Å². The summed E-state index contributed by atoms with van der Waals surface area (Å²) in [6.45, 7) is 5.37. The Balaban J connectivity index is 1.65. The van der Waals surface area contributed by atoms with Crippen LogP contribution in [0.25, 0.3) is 0 Å². The lowest BCUT2D eigenvalue weighted by Gasteiger charge is -2.10. The first-order valence-corrected chi connectivity index (χ1v) is 13.5. The lowest BCUT2D eigenvalue weighted by Crippen LogP contribution is -2.21. The molecule has 2 rings (SSSR count). The van der Waals surface area contributed by atoms with Gasteiger partial charge in [-0.1, -0.05) is 22.0 Å². The first-order chi connectivity index (χ1) is 14.8. The molecule has 0 aliphatic heterocycles. The summed E-state index contributed by atoms with van der Waals surface area (Å²) in [6, 6.07) is 12.6. The summed E-state index contributed by atoms with van der Waals surface area (Å²) in [6.07, 6.45) is 0.561. The Morgan fingerprint density at radius 3 is 2.68 bits per heavy atom. The van der Waals surface area contributed by atoms with Gasteiger partial charge in [0.25, 0.3) is 0 Å². The van der Waals surface area contributed by atoms with Gasteiger partial charge in [-0.15, -0.1) is 11.8 Å². The number of halogens is 1. The number of carbonyl (C=O) groups excluding carboxylic acids is 1. The highest BCUT2D eigenvalue weighted by Crippen LogP contribution is 2.25. The van der Waals surface area contributed by atoms with Gasteiger partial charge in [0.15, 0.2) is 16.4 Å². The lowest BCUT2D eigenvalue weighted by atomic mass is 10.2. The summed E-state index contributed by atoms with van der Waals surface area (Å²) in [5.41, 5.74) is 0.958. The first-order valence-electron chi connectivity index (χ1n) is 10.0. The van der Waals surface area contributed by atoms with E-state index in [1.54, 1.807) is 36.9 Å². The Morgan fingerprint density at radius 1 is 1.16 bits per heavy atom. The third-order valence-corrected chi connectivity index (χ3v) is 7.55. The zero-order chi connectivity index (χ0) is 22.7. The molecule has 0 atom stereocenters. The molecular formula is C22H28BrNO5S2. The van der Waals surface area contributed by atoms with Crippen LogP contribution in [0.3, 0.4) is 0 Å². The van der Waals surface area contributed by atoms with Crippen LogP contribution in [0.5, 0.6) is 5.75 Å². The third kappa shape index (κ3) is 9.22. The molecule has 0 bridgehead atoms. The minimum Gasteiger partial charge on any atom is -0.482 e. The summed E-state index contributed by atoms with van der Waals surface area (Å²) in [4.78, 5) is 12.9. The Kier molecular flexibility index (Phi) is 10.9. The molecule has 0 saturated heterocycles. The molecule has 0 radical (unpaired) electrons. The van der Waals surface area contributed by atoms with Crippen molar-refractivity contribution in [1.29, 1.82) is 0 Å². The maximum Gasteiger partial charge on any atom is 0.344 e. The van der Waals surface area contributed by atoms with E-state index in [0.29, 0.717) is 30.2 Å². The normalized spacial score (nSPS) is 11.3. The van der Waals surface area contributed by atoms with Crippen molar-refractivity contribution >= 4 is 43.5 Å². The van der Waals surface area contributed by atoms with Crippen molar-refractivity contribution in [2.75, 3.05) is 37.8 Å². The van der Waals surface area contributed by atoms with Gasteiger partial charge in [-0.25, -0.2) is 13.2 Å². The summed E-state index contributed by atoms with van der Waals surface area (Å²) in [5, 5.41) is 3.29. The van der Waals surface area contributed by atoms with Crippen molar-refractivity contribution in [3.8, 4) is 5.75 Å². The number of benzene rings is 2.